The molecule has 0 spiro atoms. The van der Waals surface area contributed by atoms with Crippen LogP contribution in [-0.4, -0.2) is 23.8 Å². The number of hydrogen-bond donors (Lipinski definition) is 1. The van der Waals surface area contributed by atoms with E-state index in [1.54, 1.807) is 21.3 Å². The Morgan fingerprint density at radius 1 is 0.846 bits per heavy atom. The van der Waals surface area contributed by atoms with Gasteiger partial charge in [-0.2, -0.15) is 0 Å². The third-order valence-corrected chi connectivity index (χ3v) is 6.46. The van der Waals surface area contributed by atoms with Crippen LogP contribution in [0, 0.1) is 0 Å². The Bertz CT molecular complexity index is 1110. The minimum atomic E-state index is -0.929. The van der Waals surface area contributed by atoms with E-state index >= 15 is 0 Å². The number of aliphatic hydroxyl groups is 1. The second-order valence-electron chi connectivity index (χ2n) is 7.86. The second kappa shape index (κ2) is 6.09. The zero-order valence-corrected chi connectivity index (χ0v) is 16.4. The van der Waals surface area contributed by atoms with Gasteiger partial charge in [-0.1, -0.05) is 41.9 Å². The Morgan fingerprint density at radius 2 is 1.50 bits per heavy atom. The van der Waals surface area contributed by atoms with Crippen molar-refractivity contribution >= 4 is 55.2 Å². The van der Waals surface area contributed by atoms with Crippen LogP contribution in [0.25, 0.3) is 30.9 Å². The van der Waals surface area contributed by atoms with Crippen molar-refractivity contribution in [3.05, 3.63) is 54.6 Å². The van der Waals surface area contributed by atoms with Gasteiger partial charge in [0.1, 0.15) is 0 Å². The summed E-state index contributed by atoms with van der Waals surface area (Å²) in [5.74, 6) is 0. The average molecular weight is 361 g/mol. The van der Waals surface area contributed by atoms with Gasteiger partial charge in [-0.05, 0) is 62.1 Å². The van der Waals surface area contributed by atoms with Crippen LogP contribution < -0.4 is 5.46 Å². The van der Waals surface area contributed by atoms with Gasteiger partial charge in [-0.3, -0.25) is 0 Å². The van der Waals surface area contributed by atoms with Gasteiger partial charge in [-0.15, -0.1) is 11.3 Å². The third kappa shape index (κ3) is 3.03. The fourth-order valence-corrected chi connectivity index (χ4v) is 4.03. The molecule has 0 amide bonds. The van der Waals surface area contributed by atoms with E-state index in [1.165, 1.54) is 30.9 Å². The summed E-state index contributed by atoms with van der Waals surface area (Å²) in [6, 6.07) is 19.4. The Balaban J connectivity index is 1.74. The number of hydrogen-bond acceptors (Lipinski definition) is 3. The molecule has 0 unspecified atom stereocenters. The van der Waals surface area contributed by atoms with Crippen molar-refractivity contribution < 1.29 is 9.76 Å². The van der Waals surface area contributed by atoms with Gasteiger partial charge in [-0.25, -0.2) is 0 Å². The van der Waals surface area contributed by atoms with Crippen molar-refractivity contribution in [3.63, 3.8) is 0 Å². The van der Waals surface area contributed by atoms with E-state index in [4.69, 9.17) is 4.65 Å². The first-order chi connectivity index (χ1) is 12.2. The monoisotopic (exact) mass is 361 g/mol. The molecular weight excluding hydrogens is 339 g/mol. The van der Waals surface area contributed by atoms with Crippen molar-refractivity contribution in [2.24, 2.45) is 0 Å². The first kappa shape index (κ1) is 17.5. The van der Waals surface area contributed by atoms with Crippen LogP contribution in [0.3, 0.4) is 0 Å². The summed E-state index contributed by atoms with van der Waals surface area (Å²) in [5, 5.41) is 15.3. The molecule has 0 aliphatic carbocycles. The molecule has 0 aliphatic rings. The van der Waals surface area contributed by atoms with E-state index < -0.39 is 11.2 Å². The second-order valence-corrected chi connectivity index (χ2v) is 8.94. The summed E-state index contributed by atoms with van der Waals surface area (Å²) >= 11 is 1.82. The normalized spacial score (nSPS) is 13.0. The number of rotatable bonds is 4. The molecule has 3 aromatic carbocycles. The smallest absolute Gasteiger partial charge is 0.330 e. The standard InChI is InChI=1S/C22H22BO2S/c1-21(2,24)22(3,4)25-23-16-9-10-19-18(13-16)17-11-14-7-5-6-8-15(14)12-20(17)26-19/h5-13,24H,1-4H3. The molecule has 26 heavy (non-hydrogen) atoms. The molecule has 0 fully saturated rings. The Hall–Kier alpha value is -1.88. The lowest BCUT2D eigenvalue weighted by atomic mass is 9.82. The topological polar surface area (TPSA) is 29.5 Å². The SMILES string of the molecule is CC(C)(O)C(C)(C)O[B]c1ccc2sc3cc4ccccc4cc3c2c1. The third-order valence-electron chi connectivity index (χ3n) is 5.32. The van der Waals surface area contributed by atoms with Gasteiger partial charge in [0.25, 0.3) is 0 Å². The molecule has 1 radical (unpaired) electrons. The van der Waals surface area contributed by atoms with Crippen molar-refractivity contribution in [1.82, 2.24) is 0 Å². The lowest BCUT2D eigenvalue weighted by Gasteiger charge is -2.37. The first-order valence-corrected chi connectivity index (χ1v) is 9.65. The van der Waals surface area contributed by atoms with E-state index in [1.807, 2.05) is 25.2 Å². The van der Waals surface area contributed by atoms with E-state index in [9.17, 15) is 5.11 Å². The highest BCUT2D eigenvalue weighted by Gasteiger charge is 2.35. The van der Waals surface area contributed by atoms with E-state index in [2.05, 4.69) is 54.6 Å². The molecule has 1 N–H and O–H groups in total. The highest BCUT2D eigenvalue weighted by Crippen LogP contribution is 2.36. The summed E-state index contributed by atoms with van der Waals surface area (Å²) < 4.78 is 8.49. The number of fused-ring (bicyclic) bond motifs is 4. The molecule has 4 rings (SSSR count). The van der Waals surface area contributed by atoms with Crippen molar-refractivity contribution in [2.45, 2.75) is 38.9 Å². The van der Waals surface area contributed by atoms with Gasteiger partial charge in [0, 0.05) is 14.8 Å². The summed E-state index contributed by atoms with van der Waals surface area (Å²) in [6.07, 6.45) is 0. The van der Waals surface area contributed by atoms with Crippen molar-refractivity contribution in [1.29, 1.82) is 0 Å². The summed E-state index contributed by atoms with van der Waals surface area (Å²) in [5.41, 5.74) is -0.598. The van der Waals surface area contributed by atoms with Gasteiger partial charge in [0.05, 0.1) is 11.2 Å². The Morgan fingerprint density at radius 3 is 2.19 bits per heavy atom. The predicted octanol–water partition coefficient (Wildman–Crippen LogP) is 5.02. The lowest BCUT2D eigenvalue weighted by molar-refractivity contribution is -0.0893. The molecule has 4 heteroatoms. The maximum atomic E-state index is 10.3. The van der Waals surface area contributed by atoms with Crippen LogP contribution in [-0.2, 0) is 4.65 Å². The molecule has 0 aliphatic heterocycles. The summed E-state index contributed by atoms with van der Waals surface area (Å²) in [7, 11) is 1.75. The maximum Gasteiger partial charge on any atom is 0.330 e. The zero-order valence-electron chi connectivity index (χ0n) is 15.5. The fourth-order valence-electron chi connectivity index (χ4n) is 2.91. The van der Waals surface area contributed by atoms with Crippen LogP contribution in [0.4, 0.5) is 0 Å². The number of benzene rings is 3. The molecular formula is C22H22BO2S. The Kier molecular flexibility index (Phi) is 4.10. The largest absolute Gasteiger partial charge is 0.427 e. The first-order valence-electron chi connectivity index (χ1n) is 8.83. The molecule has 1 aromatic heterocycles. The molecule has 0 saturated carbocycles. The van der Waals surface area contributed by atoms with Crippen LogP contribution in [0.1, 0.15) is 27.7 Å². The molecule has 0 bridgehead atoms. The maximum absolute atomic E-state index is 10.3. The molecule has 4 aromatic rings. The highest BCUT2D eigenvalue weighted by atomic mass is 32.1. The van der Waals surface area contributed by atoms with Gasteiger partial charge in [0.2, 0.25) is 0 Å². The highest BCUT2D eigenvalue weighted by molar-refractivity contribution is 7.25. The predicted molar refractivity (Wildman–Crippen MR) is 114 cm³/mol. The molecule has 0 saturated heterocycles. The molecule has 1 heterocycles. The zero-order chi connectivity index (χ0) is 18.5. The van der Waals surface area contributed by atoms with Gasteiger partial charge in [0.15, 0.2) is 0 Å². The van der Waals surface area contributed by atoms with Crippen LogP contribution in [0.15, 0.2) is 54.6 Å². The van der Waals surface area contributed by atoms with E-state index in [0.29, 0.717) is 0 Å². The van der Waals surface area contributed by atoms with E-state index in [-0.39, 0.29) is 0 Å². The lowest BCUT2D eigenvalue weighted by Crippen LogP contribution is -2.49. The van der Waals surface area contributed by atoms with Crippen molar-refractivity contribution in [3.8, 4) is 0 Å². The van der Waals surface area contributed by atoms with Gasteiger partial charge < -0.3 is 9.76 Å². The van der Waals surface area contributed by atoms with Crippen LogP contribution in [0.5, 0.6) is 0 Å². The number of thiophene rings is 1. The van der Waals surface area contributed by atoms with E-state index in [0.717, 1.165) is 5.46 Å². The van der Waals surface area contributed by atoms with Gasteiger partial charge >= 0.3 is 7.48 Å². The fraction of sp³-hybridized carbons (Fsp3) is 0.273. The summed E-state index contributed by atoms with van der Waals surface area (Å²) in [6.45, 7) is 7.32. The molecule has 131 valence electrons. The Labute approximate surface area is 158 Å². The summed E-state index contributed by atoms with van der Waals surface area (Å²) in [4.78, 5) is 0. The minimum Gasteiger partial charge on any atom is -0.427 e. The minimum absolute atomic E-state index is 0.672. The van der Waals surface area contributed by atoms with Crippen LogP contribution >= 0.6 is 11.3 Å². The van der Waals surface area contributed by atoms with Crippen molar-refractivity contribution in [2.75, 3.05) is 0 Å². The quantitative estimate of drug-likeness (QED) is 0.517. The average Bonchev–Trinajstić information content (AvgIpc) is 2.94. The molecule has 0 atom stereocenters. The molecule has 2 nitrogen and oxygen atoms in total. The van der Waals surface area contributed by atoms with Crippen LogP contribution in [0.2, 0.25) is 0 Å².